The van der Waals surface area contributed by atoms with Gasteiger partial charge in [-0.25, -0.2) is 18.8 Å². The second-order valence-electron chi connectivity index (χ2n) is 17.3. The molecule has 20 heteroatoms. The number of carbonyl (C=O) groups is 2. The number of rotatable bonds is 4. The zero-order valence-corrected chi connectivity index (χ0v) is 37.9. The highest BCUT2D eigenvalue weighted by Gasteiger charge is 2.60. The third-order valence-corrected chi connectivity index (χ3v) is 13.3. The zero-order chi connectivity index (χ0) is 47.2. The lowest BCUT2D eigenvalue weighted by Crippen LogP contribution is -2.55. The number of aliphatic imine (C=N–C) groups is 2. The molecule has 2 amide bonds. The molecule has 2 saturated heterocycles. The van der Waals surface area contributed by atoms with E-state index in [1.165, 1.54) is 34.1 Å². The first-order valence-corrected chi connectivity index (χ1v) is 22.2. The van der Waals surface area contributed by atoms with Crippen LogP contribution < -0.4 is 26.4 Å². The summed E-state index contributed by atoms with van der Waals surface area (Å²) < 4.78 is 52.3. The van der Waals surface area contributed by atoms with Gasteiger partial charge >= 0.3 is 7.12 Å². The number of nitrogens with two attached hydrogens (primary N) is 2. The van der Waals surface area contributed by atoms with Gasteiger partial charge in [0.15, 0.2) is 23.0 Å². The number of hydrogen-bond acceptors (Lipinski definition) is 14. The van der Waals surface area contributed by atoms with Crippen molar-refractivity contribution in [1.29, 1.82) is 0 Å². The number of benzene rings is 4. The van der Waals surface area contributed by atoms with E-state index in [1.54, 1.807) is 38.4 Å². The molecular weight excluding hydrogens is 925 g/mol. The normalized spacial score (nSPS) is 26.1. The molecule has 10 rings (SSSR count). The second kappa shape index (κ2) is 18.3. The van der Waals surface area contributed by atoms with Crippen molar-refractivity contribution < 1.29 is 57.6 Å². The Kier molecular flexibility index (Phi) is 13.0. The van der Waals surface area contributed by atoms with Gasteiger partial charge in [0.1, 0.15) is 34.3 Å². The Morgan fingerprint density at radius 2 is 1.21 bits per heavy atom. The van der Waals surface area contributed by atoms with Gasteiger partial charge in [0.05, 0.1) is 26.4 Å². The maximum Gasteiger partial charge on any atom is 0.491 e. The summed E-state index contributed by atoms with van der Waals surface area (Å²) in [6, 6.07) is 19.1. The Hall–Kier alpha value is -5.48. The number of fused-ring (bicyclic) bond motifs is 4. The number of likely N-dealkylation sites (N-methyl/N-ethyl adjacent to an activating group) is 2. The number of hydrogen-bond donors (Lipinski definition) is 6. The van der Waals surface area contributed by atoms with Crippen LogP contribution >= 0.6 is 15.9 Å². The molecule has 2 fully saturated rings. The van der Waals surface area contributed by atoms with Crippen LogP contribution in [0.2, 0.25) is 0 Å². The molecule has 0 saturated carbocycles. The van der Waals surface area contributed by atoms with E-state index in [0.29, 0.717) is 72.0 Å². The predicted molar refractivity (Wildman–Crippen MR) is 242 cm³/mol. The SMILES string of the molecule is CN1C(=O)C2(CC3(CCCOC3)Oc3ccc(-c4cc(CO)ccc4F)cc32)N=C1N.CN1C(=O)C2(CC3(CCCOC3)Oc3ccc(Br)cc32)N=C1N.OCc1ccc(F)c(B(O)O)c1. The molecule has 0 aromatic heterocycles. The Labute approximate surface area is 388 Å². The number of ether oxygens (including phenoxy) is 4. The van der Waals surface area contributed by atoms with Crippen molar-refractivity contribution in [3.05, 3.63) is 111 Å². The average Bonchev–Trinajstić information content (AvgIpc) is 3.65. The number of nitrogens with zero attached hydrogens (tertiary/aromatic N) is 4. The minimum absolute atomic E-state index is 0.109. The molecule has 4 unspecified atom stereocenters. The smallest absolute Gasteiger partial charge is 0.484 e. The van der Waals surface area contributed by atoms with E-state index < -0.39 is 41.0 Å². The van der Waals surface area contributed by atoms with E-state index in [1.807, 2.05) is 18.2 Å². The summed E-state index contributed by atoms with van der Waals surface area (Å²) in [7, 11) is 1.42. The van der Waals surface area contributed by atoms with Crippen molar-refractivity contribution in [2.75, 3.05) is 40.5 Å². The summed E-state index contributed by atoms with van der Waals surface area (Å²) >= 11 is 3.47. The van der Waals surface area contributed by atoms with Crippen molar-refractivity contribution in [2.24, 2.45) is 21.5 Å². The minimum Gasteiger partial charge on any atom is -0.484 e. The van der Waals surface area contributed by atoms with Crippen LogP contribution in [0.25, 0.3) is 11.1 Å². The lowest BCUT2D eigenvalue weighted by molar-refractivity contribution is -0.139. The fraction of sp³-hybridized carbons (Fsp3) is 0.391. The zero-order valence-electron chi connectivity index (χ0n) is 36.3. The Morgan fingerprint density at radius 1 is 0.712 bits per heavy atom. The number of aliphatic hydroxyl groups is 2. The van der Waals surface area contributed by atoms with Crippen LogP contribution in [0.5, 0.6) is 11.5 Å². The van der Waals surface area contributed by atoms with Gasteiger partial charge in [0.2, 0.25) is 0 Å². The standard InChI is InChI=1S/C23H24FN3O4.C16H18BrN3O3.C7H8BFO3/c1-27-20(29)23(26-21(27)25)12-22(7-2-8-30-13-22)31-19-6-4-15(10-17(19)23)16-9-14(11-28)3-5-18(16)24;1-20-13(21)16(19-14(20)18)8-15(5-2-6-22-9-15)23-12-4-3-10(17)7-11(12)16;9-7-2-1-5(4-10)3-6(7)8(11)12/h3-6,9-10,28H,2,7-8,11-13H2,1H3,(H2,25,26);3-4,7H,2,5-6,8-9H2,1H3,(H2,18,19);1-3,10-12H,4H2. The number of aliphatic hydroxyl groups excluding tert-OH is 2. The first kappa shape index (κ1) is 47.0. The van der Waals surface area contributed by atoms with E-state index in [4.69, 9.17) is 45.6 Å². The summed E-state index contributed by atoms with van der Waals surface area (Å²) in [5, 5.41) is 35.4. The van der Waals surface area contributed by atoms with Crippen LogP contribution in [0.3, 0.4) is 0 Å². The molecule has 6 aliphatic rings. The molecule has 0 bridgehead atoms. The van der Waals surface area contributed by atoms with Crippen molar-refractivity contribution in [3.8, 4) is 22.6 Å². The minimum atomic E-state index is -1.84. The maximum absolute atomic E-state index is 14.6. The van der Waals surface area contributed by atoms with Crippen LogP contribution in [-0.2, 0) is 43.4 Å². The highest BCUT2D eigenvalue weighted by atomic mass is 79.9. The van der Waals surface area contributed by atoms with E-state index in [9.17, 15) is 23.5 Å². The third kappa shape index (κ3) is 8.55. The van der Waals surface area contributed by atoms with Gasteiger partial charge < -0.3 is 50.7 Å². The van der Waals surface area contributed by atoms with Crippen LogP contribution in [0, 0.1) is 11.6 Å². The molecule has 348 valence electrons. The predicted octanol–water partition coefficient (Wildman–Crippen LogP) is 3.06. The van der Waals surface area contributed by atoms with Gasteiger partial charge in [0.25, 0.3) is 11.8 Å². The Bertz CT molecular complexity index is 2610. The van der Waals surface area contributed by atoms with Crippen LogP contribution in [0.15, 0.2) is 87.3 Å². The molecule has 4 atom stereocenters. The van der Waals surface area contributed by atoms with Crippen LogP contribution in [-0.4, -0.2) is 113 Å². The molecule has 0 radical (unpaired) electrons. The quantitative estimate of drug-likeness (QED) is 0.162. The number of amides is 2. The van der Waals surface area contributed by atoms with Gasteiger partial charge in [-0.05, 0) is 90.9 Å². The fourth-order valence-corrected chi connectivity index (χ4v) is 9.90. The highest BCUT2D eigenvalue weighted by Crippen LogP contribution is 2.53. The number of carbonyl (C=O) groups excluding carboxylic acids is 2. The van der Waals surface area contributed by atoms with Crippen LogP contribution in [0.4, 0.5) is 8.78 Å². The summed E-state index contributed by atoms with van der Waals surface area (Å²) in [4.78, 5) is 38.4. The van der Waals surface area contributed by atoms with Crippen molar-refractivity contribution in [3.63, 3.8) is 0 Å². The van der Waals surface area contributed by atoms with Gasteiger partial charge in [-0.15, -0.1) is 0 Å². The first-order chi connectivity index (χ1) is 31.5. The second-order valence-corrected chi connectivity index (χ2v) is 18.3. The van der Waals surface area contributed by atoms with Gasteiger partial charge in [-0.2, -0.15) is 0 Å². The molecule has 66 heavy (non-hydrogen) atoms. The lowest BCUT2D eigenvalue weighted by atomic mass is 9.74. The van der Waals surface area contributed by atoms with E-state index in [2.05, 4.69) is 25.9 Å². The van der Waals surface area contributed by atoms with Gasteiger partial charge in [-0.1, -0.05) is 40.2 Å². The molecular formula is C46H50BBrF2N6O10. The average molecular weight is 976 g/mol. The lowest BCUT2D eigenvalue weighted by Gasteiger charge is -2.46. The topological polar surface area (TPSA) is 235 Å². The van der Waals surface area contributed by atoms with E-state index in [0.717, 1.165) is 48.4 Å². The van der Waals surface area contributed by atoms with Crippen molar-refractivity contribution in [1.82, 2.24) is 9.80 Å². The monoisotopic (exact) mass is 974 g/mol. The largest absolute Gasteiger partial charge is 0.491 e. The molecule has 6 aliphatic heterocycles. The highest BCUT2D eigenvalue weighted by molar-refractivity contribution is 9.10. The number of halogens is 3. The third-order valence-electron chi connectivity index (χ3n) is 12.9. The summed E-state index contributed by atoms with van der Waals surface area (Å²) in [5.74, 6) is 0.145. The Morgan fingerprint density at radius 3 is 1.68 bits per heavy atom. The molecule has 0 aliphatic carbocycles. The van der Waals surface area contributed by atoms with E-state index in [-0.39, 0.29) is 42.4 Å². The molecule has 4 aromatic carbocycles. The summed E-state index contributed by atoms with van der Waals surface area (Å²) in [6.07, 6.45) is 4.08. The summed E-state index contributed by atoms with van der Waals surface area (Å²) in [6.45, 7) is 1.78. The maximum atomic E-state index is 14.6. The molecule has 4 spiro atoms. The summed E-state index contributed by atoms with van der Waals surface area (Å²) in [5.41, 5.74) is 11.6. The van der Waals surface area contributed by atoms with Gasteiger partial charge in [0, 0.05) is 66.8 Å². The van der Waals surface area contributed by atoms with Gasteiger partial charge in [-0.3, -0.25) is 19.4 Å². The Balaban J connectivity index is 0.000000148. The molecule has 16 nitrogen and oxygen atoms in total. The number of guanidine groups is 2. The fourth-order valence-electron chi connectivity index (χ4n) is 9.54. The van der Waals surface area contributed by atoms with Crippen LogP contribution in [0.1, 0.15) is 60.8 Å². The van der Waals surface area contributed by atoms with Crippen molar-refractivity contribution in [2.45, 2.75) is 74.0 Å². The molecule has 6 heterocycles. The first-order valence-electron chi connectivity index (χ1n) is 21.4. The van der Waals surface area contributed by atoms with Crippen molar-refractivity contribution >= 4 is 52.2 Å². The molecule has 4 aromatic rings. The van der Waals surface area contributed by atoms with E-state index >= 15 is 0 Å². The molecule has 8 N–H and O–H groups in total.